The molecule has 5 heteroatoms. The Morgan fingerprint density at radius 3 is 3.00 bits per heavy atom. The van der Waals surface area contributed by atoms with E-state index in [0.717, 1.165) is 22.9 Å². The van der Waals surface area contributed by atoms with Crippen molar-refractivity contribution >= 4 is 28.5 Å². The van der Waals surface area contributed by atoms with Gasteiger partial charge in [0.15, 0.2) is 0 Å². The van der Waals surface area contributed by atoms with E-state index in [9.17, 15) is 4.79 Å². The van der Waals surface area contributed by atoms with Crippen molar-refractivity contribution in [3.05, 3.63) is 41.0 Å². The van der Waals surface area contributed by atoms with Gasteiger partial charge in [-0.05, 0) is 30.2 Å². The molecule has 0 spiro atoms. The monoisotopic (exact) mass is 292 g/mol. The Morgan fingerprint density at radius 1 is 1.50 bits per heavy atom. The van der Waals surface area contributed by atoms with E-state index in [2.05, 4.69) is 10.3 Å². The van der Waals surface area contributed by atoms with Gasteiger partial charge in [-0.1, -0.05) is 24.6 Å². The van der Waals surface area contributed by atoms with Gasteiger partial charge in [-0.3, -0.25) is 9.78 Å². The largest absolute Gasteiger partial charge is 0.481 e. The summed E-state index contributed by atoms with van der Waals surface area (Å²) in [4.78, 5) is 15.1. The molecule has 0 radical (unpaired) electrons. The molecule has 2 rings (SSSR count). The minimum absolute atomic E-state index is 0.0507. The molecular formula is C15H17ClN2O2. The molecule has 20 heavy (non-hydrogen) atoms. The first kappa shape index (κ1) is 14.8. The SMILES string of the molecule is CC[C@H](CC(=O)O)NCc1cc(Cl)cc2cccnc12. The number of fused-ring (bicyclic) bond motifs is 1. The average molecular weight is 293 g/mol. The van der Waals surface area contributed by atoms with Crippen molar-refractivity contribution in [3.63, 3.8) is 0 Å². The number of carboxylic acids is 1. The molecule has 1 aromatic heterocycles. The summed E-state index contributed by atoms with van der Waals surface area (Å²) in [6.45, 7) is 2.52. The van der Waals surface area contributed by atoms with E-state index in [1.807, 2.05) is 31.2 Å². The number of pyridine rings is 1. The number of hydrogen-bond donors (Lipinski definition) is 2. The maximum absolute atomic E-state index is 10.8. The van der Waals surface area contributed by atoms with Crippen LogP contribution >= 0.6 is 11.6 Å². The molecule has 0 bridgehead atoms. The lowest BCUT2D eigenvalue weighted by molar-refractivity contribution is -0.137. The Kier molecular flexibility index (Phi) is 4.93. The zero-order valence-corrected chi connectivity index (χ0v) is 12.0. The first-order valence-electron chi connectivity index (χ1n) is 6.58. The second-order valence-corrected chi connectivity index (χ2v) is 5.16. The third-order valence-electron chi connectivity index (χ3n) is 3.24. The predicted octanol–water partition coefficient (Wildman–Crippen LogP) is 3.23. The average Bonchev–Trinajstić information content (AvgIpc) is 2.42. The van der Waals surface area contributed by atoms with Crippen LogP contribution in [0.4, 0.5) is 0 Å². The molecule has 2 N–H and O–H groups in total. The highest BCUT2D eigenvalue weighted by atomic mass is 35.5. The minimum atomic E-state index is -0.793. The summed E-state index contributed by atoms with van der Waals surface area (Å²) in [5, 5.41) is 13.8. The van der Waals surface area contributed by atoms with Crippen LogP contribution in [-0.2, 0) is 11.3 Å². The molecular weight excluding hydrogens is 276 g/mol. The highest BCUT2D eigenvalue weighted by molar-refractivity contribution is 6.31. The van der Waals surface area contributed by atoms with Gasteiger partial charge in [-0.15, -0.1) is 0 Å². The van der Waals surface area contributed by atoms with Gasteiger partial charge in [0.25, 0.3) is 0 Å². The van der Waals surface area contributed by atoms with Crippen molar-refractivity contribution < 1.29 is 9.90 Å². The fourth-order valence-electron chi connectivity index (χ4n) is 2.19. The number of benzene rings is 1. The number of nitrogens with zero attached hydrogens (tertiary/aromatic N) is 1. The number of rotatable bonds is 6. The summed E-state index contributed by atoms with van der Waals surface area (Å²) in [5.74, 6) is -0.793. The summed E-state index contributed by atoms with van der Waals surface area (Å²) in [5.41, 5.74) is 1.88. The van der Waals surface area contributed by atoms with Gasteiger partial charge in [0.1, 0.15) is 0 Å². The molecule has 4 nitrogen and oxygen atoms in total. The van der Waals surface area contributed by atoms with Crippen molar-refractivity contribution in [1.82, 2.24) is 10.3 Å². The van der Waals surface area contributed by atoms with Gasteiger partial charge >= 0.3 is 5.97 Å². The zero-order chi connectivity index (χ0) is 14.5. The molecule has 2 aromatic rings. The summed E-state index contributed by atoms with van der Waals surface area (Å²) in [6, 6.07) is 7.53. The molecule has 1 atom stereocenters. The highest BCUT2D eigenvalue weighted by Gasteiger charge is 2.12. The summed E-state index contributed by atoms with van der Waals surface area (Å²) in [6.07, 6.45) is 2.62. The smallest absolute Gasteiger partial charge is 0.304 e. The van der Waals surface area contributed by atoms with Crippen molar-refractivity contribution in [2.24, 2.45) is 0 Å². The first-order valence-corrected chi connectivity index (χ1v) is 6.96. The Morgan fingerprint density at radius 2 is 2.30 bits per heavy atom. The Labute approximate surface area is 122 Å². The number of nitrogens with one attached hydrogen (secondary N) is 1. The maximum Gasteiger partial charge on any atom is 0.304 e. The van der Waals surface area contributed by atoms with E-state index in [4.69, 9.17) is 16.7 Å². The van der Waals surface area contributed by atoms with Crippen LogP contribution < -0.4 is 5.32 Å². The Hall–Kier alpha value is -1.65. The fourth-order valence-corrected chi connectivity index (χ4v) is 2.44. The van der Waals surface area contributed by atoms with Gasteiger partial charge in [-0.25, -0.2) is 0 Å². The lowest BCUT2D eigenvalue weighted by atomic mass is 10.1. The van der Waals surface area contributed by atoms with Gasteiger partial charge in [0.05, 0.1) is 11.9 Å². The Bertz CT molecular complexity index is 616. The standard InChI is InChI=1S/C15H17ClN2O2/c1-2-13(8-14(19)20)18-9-11-7-12(16)6-10-4-3-5-17-15(10)11/h3-7,13,18H,2,8-9H2,1H3,(H,19,20)/t13-/m1/s1. The molecule has 0 aliphatic rings. The van der Waals surface area contributed by atoms with Crippen LogP contribution in [0, 0.1) is 0 Å². The normalized spacial score (nSPS) is 12.5. The van der Waals surface area contributed by atoms with Gasteiger partial charge in [0, 0.05) is 29.2 Å². The first-order chi connectivity index (χ1) is 9.60. The number of aromatic nitrogens is 1. The summed E-state index contributed by atoms with van der Waals surface area (Å²) in [7, 11) is 0. The third kappa shape index (κ3) is 3.68. The quantitative estimate of drug-likeness (QED) is 0.858. The molecule has 0 fully saturated rings. The summed E-state index contributed by atoms with van der Waals surface area (Å²) < 4.78 is 0. The molecule has 1 heterocycles. The maximum atomic E-state index is 10.8. The lowest BCUT2D eigenvalue weighted by Gasteiger charge is -2.15. The second-order valence-electron chi connectivity index (χ2n) is 4.72. The van der Waals surface area contributed by atoms with E-state index in [1.54, 1.807) is 6.20 Å². The minimum Gasteiger partial charge on any atom is -0.481 e. The zero-order valence-electron chi connectivity index (χ0n) is 11.3. The van der Waals surface area contributed by atoms with Crippen LogP contribution in [0.3, 0.4) is 0 Å². The molecule has 1 aromatic carbocycles. The number of carboxylic acid groups (broad SMARTS) is 1. The van der Waals surface area contributed by atoms with Crippen LogP contribution in [0.5, 0.6) is 0 Å². The van der Waals surface area contributed by atoms with E-state index >= 15 is 0 Å². The topological polar surface area (TPSA) is 62.2 Å². The van der Waals surface area contributed by atoms with Crippen LogP contribution in [0.25, 0.3) is 10.9 Å². The van der Waals surface area contributed by atoms with Crippen LogP contribution in [0.2, 0.25) is 5.02 Å². The predicted molar refractivity (Wildman–Crippen MR) is 79.9 cm³/mol. The number of halogens is 1. The molecule has 0 aliphatic heterocycles. The van der Waals surface area contributed by atoms with Gasteiger partial charge < -0.3 is 10.4 Å². The van der Waals surface area contributed by atoms with Crippen molar-refractivity contribution in [2.75, 3.05) is 0 Å². The van der Waals surface area contributed by atoms with E-state index < -0.39 is 5.97 Å². The number of hydrogen-bond acceptors (Lipinski definition) is 3. The molecule has 0 saturated carbocycles. The number of carbonyl (C=O) groups is 1. The third-order valence-corrected chi connectivity index (χ3v) is 3.46. The molecule has 0 amide bonds. The Balaban J connectivity index is 2.18. The second kappa shape index (κ2) is 6.68. The van der Waals surface area contributed by atoms with E-state index in [-0.39, 0.29) is 12.5 Å². The molecule has 0 aliphatic carbocycles. The molecule has 106 valence electrons. The highest BCUT2D eigenvalue weighted by Crippen LogP contribution is 2.22. The van der Waals surface area contributed by atoms with Crippen molar-refractivity contribution in [3.8, 4) is 0 Å². The van der Waals surface area contributed by atoms with Crippen LogP contribution in [0.15, 0.2) is 30.5 Å². The van der Waals surface area contributed by atoms with E-state index in [0.29, 0.717) is 11.6 Å². The van der Waals surface area contributed by atoms with Crippen LogP contribution in [0.1, 0.15) is 25.3 Å². The fraction of sp³-hybridized carbons (Fsp3) is 0.333. The molecule has 0 saturated heterocycles. The van der Waals surface area contributed by atoms with Gasteiger partial charge in [-0.2, -0.15) is 0 Å². The summed E-state index contributed by atoms with van der Waals surface area (Å²) >= 11 is 6.11. The van der Waals surface area contributed by atoms with Crippen LogP contribution in [-0.4, -0.2) is 22.1 Å². The van der Waals surface area contributed by atoms with E-state index in [1.165, 1.54) is 0 Å². The number of aliphatic carboxylic acids is 1. The van der Waals surface area contributed by atoms with Crippen molar-refractivity contribution in [1.29, 1.82) is 0 Å². The lowest BCUT2D eigenvalue weighted by Crippen LogP contribution is -2.30. The molecule has 0 unspecified atom stereocenters. The van der Waals surface area contributed by atoms with Crippen molar-refractivity contribution in [2.45, 2.75) is 32.4 Å². The van der Waals surface area contributed by atoms with Gasteiger partial charge in [0.2, 0.25) is 0 Å².